The lowest BCUT2D eigenvalue weighted by Gasteiger charge is -2.57. The van der Waals surface area contributed by atoms with Crippen LogP contribution in [0.25, 0.3) is 0 Å². The fraction of sp³-hybridized carbons (Fsp3) is 0.852. The minimum Gasteiger partial charge on any atom is -0.469 e. The van der Waals surface area contributed by atoms with Gasteiger partial charge < -0.3 is 9.47 Å². The van der Waals surface area contributed by atoms with E-state index in [0.717, 1.165) is 37.5 Å². The van der Waals surface area contributed by atoms with E-state index in [-0.39, 0.29) is 23.5 Å². The monoisotopic (exact) mass is 430 g/mol. The van der Waals surface area contributed by atoms with Crippen LogP contribution < -0.4 is 0 Å². The van der Waals surface area contributed by atoms with E-state index in [4.69, 9.17) is 9.47 Å². The Balaban J connectivity index is 1.50. The van der Waals surface area contributed by atoms with Crippen LogP contribution in [-0.2, 0) is 19.1 Å². The van der Waals surface area contributed by atoms with Crippen LogP contribution in [0.2, 0.25) is 0 Å². The van der Waals surface area contributed by atoms with Crippen molar-refractivity contribution in [3.8, 4) is 0 Å². The number of ether oxygens (including phenoxy) is 2. The first-order valence-corrected chi connectivity index (χ1v) is 12.6. The average molecular weight is 431 g/mol. The number of methoxy groups -OCH3 is 1. The molecule has 0 N–H and O–H groups in total. The van der Waals surface area contributed by atoms with Gasteiger partial charge in [0.05, 0.1) is 7.11 Å². The summed E-state index contributed by atoms with van der Waals surface area (Å²) >= 11 is 0. The summed E-state index contributed by atoms with van der Waals surface area (Å²) in [5.74, 6) is 3.21. The second-order valence-corrected chi connectivity index (χ2v) is 11.6. The highest BCUT2D eigenvalue weighted by molar-refractivity contribution is 5.69. The highest BCUT2D eigenvalue weighted by Crippen LogP contribution is 2.66. The Morgan fingerprint density at radius 3 is 2.65 bits per heavy atom. The molecule has 4 nitrogen and oxygen atoms in total. The number of rotatable bonds is 5. The third-order valence-corrected chi connectivity index (χ3v) is 10.1. The van der Waals surface area contributed by atoms with E-state index in [9.17, 15) is 9.59 Å². The normalized spacial score (nSPS) is 42.5. The number of hydrogen-bond acceptors (Lipinski definition) is 4. The van der Waals surface area contributed by atoms with Gasteiger partial charge >= 0.3 is 11.9 Å². The molecule has 0 aromatic rings. The molecule has 0 aromatic heterocycles. The molecule has 0 radical (unpaired) electrons. The number of hydrogen-bond donors (Lipinski definition) is 0. The summed E-state index contributed by atoms with van der Waals surface area (Å²) in [4.78, 5) is 23.1. The van der Waals surface area contributed by atoms with Gasteiger partial charge in [-0.15, -0.1) is 0 Å². The van der Waals surface area contributed by atoms with E-state index < -0.39 is 0 Å². The van der Waals surface area contributed by atoms with Crippen LogP contribution in [-0.4, -0.2) is 25.2 Å². The lowest BCUT2D eigenvalue weighted by atomic mass is 9.48. The van der Waals surface area contributed by atoms with E-state index in [1.165, 1.54) is 46.1 Å². The van der Waals surface area contributed by atoms with E-state index >= 15 is 0 Å². The van der Waals surface area contributed by atoms with Crippen LogP contribution in [0.15, 0.2) is 11.6 Å². The van der Waals surface area contributed by atoms with Crippen LogP contribution in [0, 0.1) is 40.4 Å². The maximum Gasteiger partial charge on any atom is 0.305 e. The maximum atomic E-state index is 11.7. The Bertz CT molecular complexity index is 742. The van der Waals surface area contributed by atoms with E-state index in [1.54, 1.807) is 5.57 Å². The second kappa shape index (κ2) is 8.56. The summed E-state index contributed by atoms with van der Waals surface area (Å²) in [6.07, 6.45) is 13.8. The molecule has 0 spiro atoms. The zero-order chi connectivity index (χ0) is 22.4. The minimum atomic E-state index is -0.131. The Morgan fingerprint density at radius 1 is 1.16 bits per heavy atom. The van der Waals surface area contributed by atoms with Crippen LogP contribution >= 0.6 is 0 Å². The summed E-state index contributed by atoms with van der Waals surface area (Å²) in [5.41, 5.74) is 2.40. The third kappa shape index (κ3) is 3.97. The number of carbonyl (C=O) groups is 2. The molecule has 0 bridgehead atoms. The molecule has 0 heterocycles. The molecular formula is C27H42O4. The predicted molar refractivity (Wildman–Crippen MR) is 121 cm³/mol. The molecule has 4 heteroatoms. The first kappa shape index (κ1) is 22.9. The summed E-state index contributed by atoms with van der Waals surface area (Å²) in [6.45, 7) is 8.95. The molecule has 31 heavy (non-hydrogen) atoms. The lowest BCUT2D eigenvalue weighted by molar-refractivity contribution is -0.151. The first-order chi connectivity index (χ1) is 14.7. The van der Waals surface area contributed by atoms with Crippen LogP contribution in [0.3, 0.4) is 0 Å². The highest BCUT2D eigenvalue weighted by atomic mass is 16.5. The van der Waals surface area contributed by atoms with Crippen molar-refractivity contribution in [2.45, 2.75) is 98.0 Å². The van der Waals surface area contributed by atoms with Crippen molar-refractivity contribution in [3.05, 3.63) is 11.6 Å². The van der Waals surface area contributed by atoms with Crippen LogP contribution in [0.5, 0.6) is 0 Å². The van der Waals surface area contributed by atoms with Crippen molar-refractivity contribution < 1.29 is 19.1 Å². The fourth-order valence-corrected chi connectivity index (χ4v) is 8.45. The minimum absolute atomic E-state index is 0.0759. The molecule has 0 amide bonds. The van der Waals surface area contributed by atoms with E-state index in [2.05, 4.69) is 26.8 Å². The fourth-order valence-electron chi connectivity index (χ4n) is 8.45. The van der Waals surface area contributed by atoms with Gasteiger partial charge in [0.2, 0.25) is 0 Å². The Hall–Kier alpha value is -1.32. The molecular weight excluding hydrogens is 388 g/mol. The number of esters is 2. The van der Waals surface area contributed by atoms with Gasteiger partial charge in [-0.1, -0.05) is 32.4 Å². The van der Waals surface area contributed by atoms with E-state index in [1.807, 2.05) is 0 Å². The van der Waals surface area contributed by atoms with E-state index in [0.29, 0.717) is 29.6 Å². The molecule has 174 valence electrons. The Labute approximate surface area is 188 Å². The van der Waals surface area contributed by atoms with Crippen molar-refractivity contribution in [1.82, 2.24) is 0 Å². The van der Waals surface area contributed by atoms with Crippen molar-refractivity contribution in [2.75, 3.05) is 7.11 Å². The van der Waals surface area contributed by atoms with Gasteiger partial charge in [-0.2, -0.15) is 0 Å². The van der Waals surface area contributed by atoms with Gasteiger partial charge in [0.1, 0.15) is 6.10 Å². The van der Waals surface area contributed by atoms with Crippen molar-refractivity contribution >= 4 is 11.9 Å². The largest absolute Gasteiger partial charge is 0.469 e. The number of allylic oxidation sites excluding steroid dienone is 2. The molecule has 4 rings (SSSR count). The molecule has 3 saturated carbocycles. The molecule has 3 fully saturated rings. The van der Waals surface area contributed by atoms with Gasteiger partial charge in [-0.3, -0.25) is 9.59 Å². The summed E-state index contributed by atoms with van der Waals surface area (Å²) in [5, 5.41) is 0. The Kier molecular flexibility index (Phi) is 6.31. The molecule has 0 aliphatic heterocycles. The molecule has 0 aromatic carbocycles. The van der Waals surface area contributed by atoms with Crippen LogP contribution in [0.1, 0.15) is 91.9 Å². The van der Waals surface area contributed by atoms with Crippen molar-refractivity contribution in [3.63, 3.8) is 0 Å². The number of carbonyl (C=O) groups excluding carboxylic acids is 2. The zero-order valence-corrected chi connectivity index (χ0v) is 20.2. The third-order valence-electron chi connectivity index (χ3n) is 10.1. The van der Waals surface area contributed by atoms with Gasteiger partial charge in [0.25, 0.3) is 0 Å². The summed E-state index contributed by atoms with van der Waals surface area (Å²) in [6, 6.07) is 0. The van der Waals surface area contributed by atoms with Gasteiger partial charge in [-0.25, -0.2) is 0 Å². The maximum absolute atomic E-state index is 11.7. The standard InChI is InChI=1S/C27H42O4/c1-17(6-11-25(29)30-5)22-9-10-23-21-8-7-19-16-20(31-18(2)28)12-14-26(19,3)24(21)13-15-27(22,23)4/h13,17,19-23H,6-12,14-16H2,1-5H3/t17-,19-,20-,21+,22-,23+,26+,27-/m1/s1. The Morgan fingerprint density at radius 2 is 1.94 bits per heavy atom. The smallest absolute Gasteiger partial charge is 0.305 e. The molecule has 0 unspecified atom stereocenters. The predicted octanol–water partition coefficient (Wildman–Crippen LogP) is 6.09. The first-order valence-electron chi connectivity index (χ1n) is 12.6. The van der Waals surface area contributed by atoms with Crippen LogP contribution in [0.4, 0.5) is 0 Å². The molecule has 0 saturated heterocycles. The van der Waals surface area contributed by atoms with Gasteiger partial charge in [0, 0.05) is 13.3 Å². The quantitative estimate of drug-likeness (QED) is 0.391. The topological polar surface area (TPSA) is 52.6 Å². The highest BCUT2D eigenvalue weighted by Gasteiger charge is 2.57. The van der Waals surface area contributed by atoms with Crippen molar-refractivity contribution in [1.29, 1.82) is 0 Å². The SMILES string of the molecule is COC(=O)CC[C@@H](C)[C@H]1CC[C@H]2[C@@H]3CC[C@@H]4C[C@H](OC(C)=O)CC[C@]4(C)C3=CC[C@]12C. The van der Waals surface area contributed by atoms with Gasteiger partial charge in [-0.05, 0) is 98.2 Å². The molecule has 4 aliphatic rings. The molecule has 4 aliphatic carbocycles. The lowest BCUT2D eigenvalue weighted by Crippen LogP contribution is -2.49. The molecule has 8 atom stereocenters. The number of fused-ring (bicyclic) bond motifs is 5. The van der Waals surface area contributed by atoms with Crippen molar-refractivity contribution in [2.24, 2.45) is 40.4 Å². The zero-order valence-electron chi connectivity index (χ0n) is 20.2. The van der Waals surface area contributed by atoms with Gasteiger partial charge in [0.15, 0.2) is 0 Å². The summed E-state index contributed by atoms with van der Waals surface area (Å²) < 4.78 is 10.5. The second-order valence-electron chi connectivity index (χ2n) is 11.6. The average Bonchev–Trinajstić information content (AvgIpc) is 3.09. The summed E-state index contributed by atoms with van der Waals surface area (Å²) in [7, 11) is 1.49.